The van der Waals surface area contributed by atoms with Crippen molar-refractivity contribution in [2.45, 2.75) is 64.8 Å². The van der Waals surface area contributed by atoms with Crippen molar-refractivity contribution >= 4 is 0 Å². The van der Waals surface area contributed by atoms with Gasteiger partial charge in [-0.05, 0) is 50.0 Å². The molecule has 1 N–H and O–H groups in total. The van der Waals surface area contributed by atoms with Gasteiger partial charge in [-0.3, -0.25) is 0 Å². The standard InChI is InChI=1S/C15H29N/c1-11-7-9-13(10-8-11)15(16-3)14-6-4-5-12(14)2/h11-16H,4-10H2,1-3H3. The SMILES string of the molecule is CNC(C1CCC(C)CC1)C1CCCC1C. The molecule has 0 radical (unpaired) electrons. The van der Waals surface area contributed by atoms with Gasteiger partial charge in [-0.1, -0.05) is 39.5 Å². The minimum atomic E-state index is 0.810. The normalized spacial score (nSPS) is 42.2. The average Bonchev–Trinajstić information content (AvgIpc) is 2.69. The third-order valence-electron chi connectivity index (χ3n) is 5.29. The van der Waals surface area contributed by atoms with Gasteiger partial charge in [0, 0.05) is 6.04 Å². The lowest BCUT2D eigenvalue weighted by molar-refractivity contribution is 0.170. The maximum absolute atomic E-state index is 3.66. The van der Waals surface area contributed by atoms with Crippen LogP contribution in [-0.2, 0) is 0 Å². The first kappa shape index (κ1) is 12.4. The van der Waals surface area contributed by atoms with Crippen LogP contribution in [0, 0.1) is 23.7 Å². The summed E-state index contributed by atoms with van der Waals surface area (Å²) in [6, 6.07) is 0.810. The van der Waals surface area contributed by atoms with Gasteiger partial charge in [0.1, 0.15) is 0 Å². The Labute approximate surface area is 101 Å². The second-order valence-corrected chi connectivity index (χ2v) is 6.41. The van der Waals surface area contributed by atoms with E-state index in [9.17, 15) is 0 Å². The van der Waals surface area contributed by atoms with E-state index in [2.05, 4.69) is 26.2 Å². The predicted octanol–water partition coefficient (Wildman–Crippen LogP) is 3.84. The monoisotopic (exact) mass is 223 g/mol. The third kappa shape index (κ3) is 2.61. The highest BCUT2D eigenvalue weighted by Crippen LogP contribution is 2.40. The Bertz CT molecular complexity index is 205. The molecular weight excluding hydrogens is 194 g/mol. The van der Waals surface area contributed by atoms with Gasteiger partial charge < -0.3 is 5.32 Å². The fraction of sp³-hybridized carbons (Fsp3) is 1.00. The van der Waals surface area contributed by atoms with Gasteiger partial charge in [-0.15, -0.1) is 0 Å². The molecule has 2 aliphatic rings. The summed E-state index contributed by atoms with van der Waals surface area (Å²) in [5, 5.41) is 3.66. The molecule has 2 aliphatic carbocycles. The Kier molecular flexibility index (Phi) is 4.29. The van der Waals surface area contributed by atoms with Crippen LogP contribution >= 0.6 is 0 Å². The summed E-state index contributed by atoms with van der Waals surface area (Å²) in [5.41, 5.74) is 0. The van der Waals surface area contributed by atoms with Gasteiger partial charge in [0.15, 0.2) is 0 Å². The number of hydrogen-bond donors (Lipinski definition) is 1. The fourth-order valence-electron chi connectivity index (χ4n) is 4.15. The van der Waals surface area contributed by atoms with Gasteiger partial charge in [0.25, 0.3) is 0 Å². The van der Waals surface area contributed by atoms with Gasteiger partial charge >= 0.3 is 0 Å². The van der Waals surface area contributed by atoms with Crippen molar-refractivity contribution in [3.8, 4) is 0 Å². The van der Waals surface area contributed by atoms with Crippen LogP contribution < -0.4 is 5.32 Å². The molecule has 0 aromatic rings. The summed E-state index contributed by atoms with van der Waals surface area (Å²) < 4.78 is 0. The summed E-state index contributed by atoms with van der Waals surface area (Å²) in [6.45, 7) is 4.89. The number of nitrogens with one attached hydrogen (secondary N) is 1. The van der Waals surface area contributed by atoms with Gasteiger partial charge in [0.05, 0.1) is 0 Å². The van der Waals surface area contributed by atoms with Crippen LogP contribution in [0.2, 0.25) is 0 Å². The molecule has 3 atom stereocenters. The molecule has 1 heteroatoms. The molecule has 0 bridgehead atoms. The van der Waals surface area contributed by atoms with Crippen LogP contribution in [0.15, 0.2) is 0 Å². The molecule has 0 aliphatic heterocycles. The van der Waals surface area contributed by atoms with Crippen LogP contribution in [0.3, 0.4) is 0 Å². The van der Waals surface area contributed by atoms with E-state index in [1.54, 1.807) is 0 Å². The Morgan fingerprint density at radius 3 is 2.12 bits per heavy atom. The molecule has 0 saturated heterocycles. The quantitative estimate of drug-likeness (QED) is 0.766. The molecule has 94 valence electrons. The summed E-state index contributed by atoms with van der Waals surface area (Å²) in [4.78, 5) is 0. The molecule has 2 fully saturated rings. The van der Waals surface area contributed by atoms with Crippen LogP contribution in [0.5, 0.6) is 0 Å². The largest absolute Gasteiger partial charge is 0.316 e. The zero-order valence-electron chi connectivity index (χ0n) is 11.3. The zero-order valence-corrected chi connectivity index (χ0v) is 11.3. The molecule has 0 spiro atoms. The lowest BCUT2D eigenvalue weighted by Crippen LogP contribution is -2.42. The number of hydrogen-bond acceptors (Lipinski definition) is 1. The highest BCUT2D eigenvalue weighted by molar-refractivity contribution is 4.90. The van der Waals surface area contributed by atoms with E-state index in [-0.39, 0.29) is 0 Å². The van der Waals surface area contributed by atoms with Gasteiger partial charge in [0.2, 0.25) is 0 Å². The molecule has 0 aromatic heterocycles. The van der Waals surface area contributed by atoms with E-state index >= 15 is 0 Å². The van der Waals surface area contributed by atoms with Crippen molar-refractivity contribution < 1.29 is 0 Å². The van der Waals surface area contributed by atoms with Gasteiger partial charge in [-0.25, -0.2) is 0 Å². The Hall–Kier alpha value is -0.0400. The van der Waals surface area contributed by atoms with E-state index in [0.29, 0.717) is 0 Å². The zero-order chi connectivity index (χ0) is 11.5. The van der Waals surface area contributed by atoms with Crippen molar-refractivity contribution in [1.29, 1.82) is 0 Å². The van der Waals surface area contributed by atoms with Crippen LogP contribution in [0.1, 0.15) is 58.8 Å². The fourth-order valence-corrected chi connectivity index (χ4v) is 4.15. The maximum atomic E-state index is 3.66. The second-order valence-electron chi connectivity index (χ2n) is 6.41. The summed E-state index contributed by atoms with van der Waals surface area (Å²) in [7, 11) is 2.19. The molecule has 0 amide bonds. The molecule has 3 unspecified atom stereocenters. The molecule has 0 aromatic carbocycles. The smallest absolute Gasteiger partial charge is 0.0123 e. The lowest BCUT2D eigenvalue weighted by Gasteiger charge is -2.37. The van der Waals surface area contributed by atoms with Gasteiger partial charge in [-0.2, -0.15) is 0 Å². The first-order valence-electron chi connectivity index (χ1n) is 7.39. The molecular formula is C15H29N. The molecule has 1 nitrogen and oxygen atoms in total. The van der Waals surface area contributed by atoms with Crippen molar-refractivity contribution in [2.24, 2.45) is 23.7 Å². The third-order valence-corrected chi connectivity index (χ3v) is 5.29. The first-order chi connectivity index (χ1) is 7.72. The average molecular weight is 223 g/mol. The second kappa shape index (κ2) is 5.53. The minimum Gasteiger partial charge on any atom is -0.316 e. The van der Waals surface area contributed by atoms with Crippen molar-refractivity contribution in [2.75, 3.05) is 7.05 Å². The first-order valence-corrected chi connectivity index (χ1v) is 7.39. The van der Waals surface area contributed by atoms with Crippen molar-refractivity contribution in [3.05, 3.63) is 0 Å². The Morgan fingerprint density at radius 1 is 0.938 bits per heavy atom. The van der Waals surface area contributed by atoms with Crippen LogP contribution in [0.4, 0.5) is 0 Å². The maximum Gasteiger partial charge on any atom is 0.0123 e. The lowest BCUT2D eigenvalue weighted by atomic mass is 9.73. The van der Waals surface area contributed by atoms with E-state index in [1.165, 1.54) is 44.9 Å². The Morgan fingerprint density at radius 2 is 1.62 bits per heavy atom. The summed E-state index contributed by atoms with van der Waals surface area (Å²) in [5.74, 6) is 3.86. The van der Waals surface area contributed by atoms with Crippen molar-refractivity contribution in [1.82, 2.24) is 5.32 Å². The van der Waals surface area contributed by atoms with E-state index < -0.39 is 0 Å². The van der Waals surface area contributed by atoms with E-state index in [0.717, 1.165) is 29.7 Å². The summed E-state index contributed by atoms with van der Waals surface area (Å²) >= 11 is 0. The number of rotatable bonds is 3. The molecule has 0 heterocycles. The van der Waals surface area contributed by atoms with Crippen LogP contribution in [0.25, 0.3) is 0 Å². The van der Waals surface area contributed by atoms with Crippen molar-refractivity contribution in [3.63, 3.8) is 0 Å². The molecule has 2 saturated carbocycles. The Balaban J connectivity index is 1.93. The van der Waals surface area contributed by atoms with E-state index in [4.69, 9.17) is 0 Å². The highest BCUT2D eigenvalue weighted by Gasteiger charge is 2.35. The van der Waals surface area contributed by atoms with Crippen LogP contribution in [-0.4, -0.2) is 13.1 Å². The van der Waals surface area contributed by atoms with E-state index in [1.807, 2.05) is 0 Å². The topological polar surface area (TPSA) is 12.0 Å². The minimum absolute atomic E-state index is 0.810. The predicted molar refractivity (Wildman–Crippen MR) is 70.5 cm³/mol. The molecule has 2 rings (SSSR count). The summed E-state index contributed by atoms with van der Waals surface area (Å²) in [6.07, 6.45) is 10.3. The molecule has 16 heavy (non-hydrogen) atoms. The highest BCUT2D eigenvalue weighted by atomic mass is 14.9.